The molecule has 2 saturated heterocycles. The Morgan fingerprint density at radius 1 is 1.10 bits per heavy atom. The normalized spacial score (nSPS) is 31.9. The number of aryl methyl sites for hydroxylation is 1. The Balaban J connectivity index is 1.72. The minimum atomic E-state index is 0.369. The molecule has 1 aromatic heterocycles. The van der Waals surface area contributed by atoms with Crippen LogP contribution in [0.3, 0.4) is 0 Å². The Kier molecular flexibility index (Phi) is 3.14. The van der Waals surface area contributed by atoms with Gasteiger partial charge in [-0.2, -0.15) is 0 Å². The van der Waals surface area contributed by atoms with E-state index in [1.54, 1.807) is 0 Å². The van der Waals surface area contributed by atoms with Crippen molar-refractivity contribution in [1.82, 2.24) is 9.97 Å². The average molecular weight is 273 g/mol. The number of rotatable bonds is 2. The molecule has 1 N–H and O–H groups in total. The zero-order valence-corrected chi connectivity index (χ0v) is 12.2. The number of fused-ring (bicyclic) bond motifs is 3. The highest BCUT2D eigenvalue weighted by Gasteiger charge is 2.43. The summed E-state index contributed by atoms with van der Waals surface area (Å²) in [4.78, 5) is 9.80. The van der Waals surface area contributed by atoms with Crippen molar-refractivity contribution < 1.29 is 4.74 Å². The number of hydrogen-bond donors (Lipinski definition) is 1. The molecule has 4 nitrogen and oxygen atoms in total. The molecule has 4 heteroatoms. The van der Waals surface area contributed by atoms with Crippen molar-refractivity contribution in [3.8, 4) is 0 Å². The molecule has 3 heterocycles. The van der Waals surface area contributed by atoms with E-state index in [9.17, 15) is 0 Å². The van der Waals surface area contributed by atoms with Crippen molar-refractivity contribution in [1.29, 1.82) is 0 Å². The smallest absolute Gasteiger partial charge is 0.136 e. The maximum absolute atomic E-state index is 5.98. The standard InChI is InChI=1S/C16H23N3O/c1-17-15-11-5-3-2-4-6-13(11)18-16(19-15)12-9-10-7-8-14(12)20-10/h10,12,14H,2-9H2,1H3,(H,17,18,19). The van der Waals surface area contributed by atoms with Crippen LogP contribution >= 0.6 is 0 Å². The van der Waals surface area contributed by atoms with Crippen molar-refractivity contribution in [2.24, 2.45) is 0 Å². The molecule has 0 saturated carbocycles. The summed E-state index contributed by atoms with van der Waals surface area (Å²) in [5, 5.41) is 3.30. The second kappa shape index (κ2) is 4.99. The lowest BCUT2D eigenvalue weighted by Gasteiger charge is -2.20. The lowest BCUT2D eigenvalue weighted by molar-refractivity contribution is 0.0998. The Morgan fingerprint density at radius 3 is 2.75 bits per heavy atom. The minimum Gasteiger partial charge on any atom is -0.374 e. The van der Waals surface area contributed by atoms with Crippen LogP contribution in [0.15, 0.2) is 0 Å². The SMILES string of the molecule is CNc1nc(C2CC3CCC2O3)nc2c1CCCCC2. The number of hydrogen-bond acceptors (Lipinski definition) is 4. The molecule has 108 valence electrons. The van der Waals surface area contributed by atoms with Crippen molar-refractivity contribution >= 4 is 5.82 Å². The number of nitrogens with zero attached hydrogens (tertiary/aromatic N) is 2. The molecule has 20 heavy (non-hydrogen) atoms. The average Bonchev–Trinajstić information content (AvgIpc) is 3.02. The predicted molar refractivity (Wildman–Crippen MR) is 78.1 cm³/mol. The third-order valence-corrected chi connectivity index (χ3v) is 5.12. The maximum atomic E-state index is 5.98. The Hall–Kier alpha value is -1.16. The lowest BCUT2D eigenvalue weighted by Crippen LogP contribution is -2.19. The van der Waals surface area contributed by atoms with Gasteiger partial charge in [-0.25, -0.2) is 9.97 Å². The number of anilines is 1. The summed E-state index contributed by atoms with van der Waals surface area (Å²) in [6, 6.07) is 0. The summed E-state index contributed by atoms with van der Waals surface area (Å²) in [6.45, 7) is 0. The van der Waals surface area contributed by atoms with Crippen LogP contribution in [0.2, 0.25) is 0 Å². The second-order valence-corrected chi connectivity index (χ2v) is 6.38. The van der Waals surface area contributed by atoms with Gasteiger partial charge >= 0.3 is 0 Å². The fourth-order valence-corrected chi connectivity index (χ4v) is 4.07. The summed E-state index contributed by atoms with van der Waals surface area (Å²) in [6.07, 6.45) is 10.4. The van der Waals surface area contributed by atoms with E-state index < -0.39 is 0 Å². The highest BCUT2D eigenvalue weighted by molar-refractivity contribution is 5.47. The van der Waals surface area contributed by atoms with Crippen LogP contribution in [0.5, 0.6) is 0 Å². The minimum absolute atomic E-state index is 0.369. The Morgan fingerprint density at radius 2 is 2.00 bits per heavy atom. The molecule has 1 aromatic rings. The van der Waals surface area contributed by atoms with Gasteiger partial charge in [0.25, 0.3) is 0 Å². The Bertz CT molecular complexity index is 517. The largest absolute Gasteiger partial charge is 0.374 e. The van der Waals surface area contributed by atoms with Gasteiger partial charge in [-0.15, -0.1) is 0 Å². The molecule has 0 spiro atoms. The zero-order valence-electron chi connectivity index (χ0n) is 12.2. The maximum Gasteiger partial charge on any atom is 0.136 e. The van der Waals surface area contributed by atoms with E-state index in [2.05, 4.69) is 5.32 Å². The fourth-order valence-electron chi connectivity index (χ4n) is 4.07. The van der Waals surface area contributed by atoms with E-state index >= 15 is 0 Å². The summed E-state index contributed by atoms with van der Waals surface area (Å²) in [7, 11) is 1.98. The van der Waals surface area contributed by atoms with Gasteiger partial charge in [0.1, 0.15) is 11.6 Å². The van der Waals surface area contributed by atoms with E-state index in [0.717, 1.165) is 30.9 Å². The molecular formula is C16H23N3O. The summed E-state index contributed by atoms with van der Waals surface area (Å²) in [5.41, 5.74) is 2.65. The van der Waals surface area contributed by atoms with Gasteiger partial charge in [-0.1, -0.05) is 6.42 Å². The molecule has 3 atom stereocenters. The zero-order chi connectivity index (χ0) is 13.5. The molecule has 0 amide bonds. The molecule has 4 rings (SSSR count). The molecule has 3 unspecified atom stereocenters. The fraction of sp³-hybridized carbons (Fsp3) is 0.750. The third-order valence-electron chi connectivity index (χ3n) is 5.12. The second-order valence-electron chi connectivity index (χ2n) is 6.38. The van der Waals surface area contributed by atoms with E-state index in [1.807, 2.05) is 7.05 Å². The number of ether oxygens (including phenoxy) is 1. The van der Waals surface area contributed by atoms with Crippen LogP contribution in [0, 0.1) is 0 Å². The molecule has 0 radical (unpaired) electrons. The van der Waals surface area contributed by atoms with Gasteiger partial charge in [-0.05, 0) is 44.9 Å². The van der Waals surface area contributed by atoms with Crippen LogP contribution in [0.1, 0.15) is 61.5 Å². The van der Waals surface area contributed by atoms with E-state index in [4.69, 9.17) is 14.7 Å². The number of aromatic nitrogens is 2. The molecular weight excluding hydrogens is 250 g/mol. The van der Waals surface area contributed by atoms with Crippen LogP contribution in [-0.2, 0) is 17.6 Å². The van der Waals surface area contributed by atoms with Crippen molar-refractivity contribution in [3.05, 3.63) is 17.1 Å². The van der Waals surface area contributed by atoms with Gasteiger partial charge in [0.15, 0.2) is 0 Å². The summed E-state index contributed by atoms with van der Waals surface area (Å²) in [5.74, 6) is 2.52. The first-order chi connectivity index (χ1) is 9.85. The number of nitrogens with one attached hydrogen (secondary N) is 1. The van der Waals surface area contributed by atoms with Crippen LogP contribution in [-0.4, -0.2) is 29.2 Å². The van der Waals surface area contributed by atoms with Gasteiger partial charge in [-0.3, -0.25) is 0 Å². The molecule has 2 fully saturated rings. The molecule has 3 aliphatic rings. The van der Waals surface area contributed by atoms with Crippen LogP contribution in [0.25, 0.3) is 0 Å². The van der Waals surface area contributed by atoms with Gasteiger partial charge in [0.05, 0.1) is 12.2 Å². The molecule has 1 aliphatic carbocycles. The molecule has 2 aliphatic heterocycles. The van der Waals surface area contributed by atoms with Crippen molar-refractivity contribution in [3.63, 3.8) is 0 Å². The first kappa shape index (κ1) is 12.6. The summed E-state index contributed by atoms with van der Waals surface area (Å²) < 4.78 is 5.98. The van der Waals surface area contributed by atoms with Gasteiger partial charge in [0.2, 0.25) is 0 Å². The summed E-state index contributed by atoms with van der Waals surface area (Å²) >= 11 is 0. The highest BCUT2D eigenvalue weighted by atomic mass is 16.5. The topological polar surface area (TPSA) is 47.0 Å². The predicted octanol–water partition coefficient (Wildman–Crippen LogP) is 2.82. The van der Waals surface area contributed by atoms with Crippen molar-refractivity contribution in [2.45, 2.75) is 69.5 Å². The third kappa shape index (κ3) is 2.01. The van der Waals surface area contributed by atoms with E-state index in [1.165, 1.54) is 43.4 Å². The first-order valence-electron chi connectivity index (χ1n) is 8.08. The van der Waals surface area contributed by atoms with Gasteiger partial charge < -0.3 is 10.1 Å². The van der Waals surface area contributed by atoms with Gasteiger partial charge in [0, 0.05) is 24.2 Å². The Labute approximate surface area is 120 Å². The monoisotopic (exact) mass is 273 g/mol. The quantitative estimate of drug-likeness (QED) is 0.842. The van der Waals surface area contributed by atoms with E-state index in [0.29, 0.717) is 18.1 Å². The highest BCUT2D eigenvalue weighted by Crippen LogP contribution is 2.44. The first-order valence-corrected chi connectivity index (χ1v) is 8.08. The van der Waals surface area contributed by atoms with E-state index in [-0.39, 0.29) is 0 Å². The molecule has 0 aromatic carbocycles. The lowest BCUT2D eigenvalue weighted by atomic mass is 9.88. The van der Waals surface area contributed by atoms with Crippen LogP contribution < -0.4 is 5.32 Å². The molecule has 2 bridgehead atoms. The van der Waals surface area contributed by atoms with Crippen molar-refractivity contribution in [2.75, 3.05) is 12.4 Å². The van der Waals surface area contributed by atoms with Crippen LogP contribution in [0.4, 0.5) is 5.82 Å².